The van der Waals surface area contributed by atoms with Crippen LogP contribution in [0.1, 0.15) is 24.3 Å². The van der Waals surface area contributed by atoms with E-state index >= 15 is 0 Å². The van der Waals surface area contributed by atoms with E-state index < -0.39 is 0 Å². The average molecular weight is 298 g/mol. The second-order valence-corrected chi connectivity index (χ2v) is 5.83. The Morgan fingerprint density at radius 1 is 1.31 bits per heavy atom. The molecule has 0 aliphatic carbocycles. The van der Waals surface area contributed by atoms with Crippen LogP contribution >= 0.6 is 27.3 Å². The first kappa shape index (κ1) is 12.1. The van der Waals surface area contributed by atoms with Crippen LogP contribution in [0.4, 0.5) is 0 Å². The second-order valence-electron chi connectivity index (χ2n) is 3.78. The molecule has 0 saturated carbocycles. The maximum atomic E-state index is 3.55. The van der Waals surface area contributed by atoms with Gasteiger partial charge in [0.2, 0.25) is 0 Å². The van der Waals surface area contributed by atoms with Crippen molar-refractivity contribution in [2.45, 2.75) is 26.8 Å². The van der Waals surface area contributed by atoms with Crippen molar-refractivity contribution in [2.24, 2.45) is 0 Å². The van der Waals surface area contributed by atoms with E-state index in [4.69, 9.17) is 0 Å². The quantitative estimate of drug-likeness (QED) is 0.885. The Kier molecular flexibility index (Phi) is 4.00. The van der Waals surface area contributed by atoms with E-state index in [0.717, 1.165) is 19.5 Å². The standard InChI is InChI=1S/C13H16BrNS/c1-3-10-11-7-9(14)5-6-12(11)16-13(10)8-15-4-2/h5-7,15H,3-4,8H2,1-2H3. The van der Waals surface area contributed by atoms with Crippen LogP contribution in [-0.4, -0.2) is 6.54 Å². The average Bonchev–Trinajstić information content (AvgIpc) is 2.63. The van der Waals surface area contributed by atoms with Crippen molar-refractivity contribution in [3.8, 4) is 0 Å². The van der Waals surface area contributed by atoms with Gasteiger partial charge in [-0.05, 0) is 42.1 Å². The maximum absolute atomic E-state index is 3.55. The summed E-state index contributed by atoms with van der Waals surface area (Å²) in [5, 5.41) is 4.83. The molecule has 0 aliphatic heterocycles. The zero-order valence-corrected chi connectivity index (χ0v) is 12.0. The first-order valence-corrected chi connectivity index (χ1v) is 7.27. The van der Waals surface area contributed by atoms with Crippen LogP contribution in [0.2, 0.25) is 0 Å². The highest BCUT2D eigenvalue weighted by Crippen LogP contribution is 2.33. The van der Waals surface area contributed by atoms with Gasteiger partial charge in [0, 0.05) is 20.6 Å². The zero-order chi connectivity index (χ0) is 11.5. The number of halogens is 1. The molecule has 2 rings (SSSR count). The molecule has 0 bridgehead atoms. The van der Waals surface area contributed by atoms with Gasteiger partial charge in [-0.1, -0.05) is 29.8 Å². The van der Waals surface area contributed by atoms with Gasteiger partial charge in [-0.15, -0.1) is 11.3 Å². The number of fused-ring (bicyclic) bond motifs is 1. The lowest BCUT2D eigenvalue weighted by Crippen LogP contribution is -2.11. The van der Waals surface area contributed by atoms with Crippen LogP contribution in [0, 0.1) is 0 Å². The highest BCUT2D eigenvalue weighted by molar-refractivity contribution is 9.10. The van der Waals surface area contributed by atoms with Gasteiger partial charge in [0.15, 0.2) is 0 Å². The third-order valence-electron chi connectivity index (χ3n) is 2.73. The van der Waals surface area contributed by atoms with Gasteiger partial charge in [-0.2, -0.15) is 0 Å². The number of hydrogen-bond donors (Lipinski definition) is 1. The monoisotopic (exact) mass is 297 g/mol. The summed E-state index contributed by atoms with van der Waals surface area (Å²) >= 11 is 5.46. The normalized spacial score (nSPS) is 11.2. The summed E-state index contributed by atoms with van der Waals surface area (Å²) < 4.78 is 2.57. The molecule has 1 heterocycles. The van der Waals surface area contributed by atoms with Crippen LogP contribution in [-0.2, 0) is 13.0 Å². The molecule has 0 atom stereocenters. The van der Waals surface area contributed by atoms with Crippen LogP contribution in [0.25, 0.3) is 10.1 Å². The molecule has 16 heavy (non-hydrogen) atoms. The summed E-state index contributed by atoms with van der Waals surface area (Å²) in [4.78, 5) is 1.48. The fraction of sp³-hybridized carbons (Fsp3) is 0.385. The molecule has 1 aromatic heterocycles. The van der Waals surface area contributed by atoms with Gasteiger partial charge in [0.05, 0.1) is 0 Å². The molecule has 2 aromatic rings. The highest BCUT2D eigenvalue weighted by Gasteiger charge is 2.10. The number of nitrogens with one attached hydrogen (secondary N) is 1. The predicted molar refractivity (Wildman–Crippen MR) is 76.3 cm³/mol. The Morgan fingerprint density at radius 2 is 2.12 bits per heavy atom. The van der Waals surface area contributed by atoms with Crippen molar-refractivity contribution < 1.29 is 0 Å². The molecule has 1 nitrogen and oxygen atoms in total. The van der Waals surface area contributed by atoms with Crippen molar-refractivity contribution >= 4 is 37.4 Å². The molecule has 0 fully saturated rings. The van der Waals surface area contributed by atoms with Gasteiger partial charge in [-0.25, -0.2) is 0 Å². The maximum Gasteiger partial charge on any atom is 0.0349 e. The van der Waals surface area contributed by atoms with Crippen molar-refractivity contribution in [1.29, 1.82) is 0 Å². The van der Waals surface area contributed by atoms with Gasteiger partial charge in [0.25, 0.3) is 0 Å². The van der Waals surface area contributed by atoms with Crippen LogP contribution in [0.3, 0.4) is 0 Å². The van der Waals surface area contributed by atoms with Crippen LogP contribution in [0.15, 0.2) is 22.7 Å². The number of hydrogen-bond acceptors (Lipinski definition) is 2. The summed E-state index contributed by atoms with van der Waals surface area (Å²) in [6.07, 6.45) is 1.11. The third kappa shape index (κ3) is 2.31. The molecular weight excluding hydrogens is 282 g/mol. The van der Waals surface area contributed by atoms with Crippen molar-refractivity contribution in [3.63, 3.8) is 0 Å². The fourth-order valence-corrected chi connectivity index (χ4v) is 3.55. The molecule has 0 spiro atoms. The minimum Gasteiger partial charge on any atom is -0.312 e. The second kappa shape index (κ2) is 5.30. The SMILES string of the molecule is CCNCc1sc2ccc(Br)cc2c1CC. The lowest BCUT2D eigenvalue weighted by Gasteiger charge is -2.02. The first-order chi connectivity index (χ1) is 7.76. The fourth-order valence-electron chi connectivity index (χ4n) is 1.94. The van der Waals surface area contributed by atoms with E-state index in [1.54, 1.807) is 0 Å². The Bertz CT molecular complexity index is 490. The molecule has 0 unspecified atom stereocenters. The van der Waals surface area contributed by atoms with Gasteiger partial charge in [-0.3, -0.25) is 0 Å². The van der Waals surface area contributed by atoms with Crippen molar-refractivity contribution in [3.05, 3.63) is 33.1 Å². The Labute approximate surface area is 109 Å². The smallest absolute Gasteiger partial charge is 0.0349 e. The molecule has 0 amide bonds. The van der Waals surface area contributed by atoms with Crippen LogP contribution in [0.5, 0.6) is 0 Å². The molecular formula is C13H16BrNS. The van der Waals surface area contributed by atoms with Gasteiger partial charge in [0.1, 0.15) is 0 Å². The lowest BCUT2D eigenvalue weighted by molar-refractivity contribution is 0.731. The topological polar surface area (TPSA) is 12.0 Å². The molecule has 3 heteroatoms. The third-order valence-corrected chi connectivity index (χ3v) is 4.43. The molecule has 0 radical (unpaired) electrons. The predicted octanol–water partition coefficient (Wildman–Crippen LogP) is 4.34. The summed E-state index contributed by atoms with van der Waals surface area (Å²) in [6.45, 7) is 6.41. The van der Waals surface area contributed by atoms with Gasteiger partial charge >= 0.3 is 0 Å². The largest absolute Gasteiger partial charge is 0.312 e. The number of aryl methyl sites for hydroxylation is 1. The summed E-state index contributed by atoms with van der Waals surface area (Å²) in [5.41, 5.74) is 1.50. The summed E-state index contributed by atoms with van der Waals surface area (Å²) in [6, 6.07) is 6.56. The van der Waals surface area contributed by atoms with Crippen molar-refractivity contribution in [2.75, 3.05) is 6.54 Å². The zero-order valence-electron chi connectivity index (χ0n) is 9.64. The molecule has 1 aromatic carbocycles. The molecule has 0 saturated heterocycles. The number of thiophene rings is 1. The molecule has 0 aliphatic rings. The van der Waals surface area contributed by atoms with E-state index in [1.807, 2.05) is 11.3 Å². The Morgan fingerprint density at radius 3 is 2.81 bits per heavy atom. The molecule has 86 valence electrons. The van der Waals surface area contributed by atoms with Gasteiger partial charge < -0.3 is 5.32 Å². The number of benzene rings is 1. The first-order valence-electron chi connectivity index (χ1n) is 5.66. The minimum absolute atomic E-state index is 0.997. The van der Waals surface area contributed by atoms with E-state index in [0.29, 0.717) is 0 Å². The van der Waals surface area contributed by atoms with E-state index in [2.05, 4.69) is 53.3 Å². The van der Waals surface area contributed by atoms with E-state index in [9.17, 15) is 0 Å². The summed E-state index contributed by atoms with van der Waals surface area (Å²) in [5.74, 6) is 0. The molecule has 1 N–H and O–H groups in total. The van der Waals surface area contributed by atoms with Crippen molar-refractivity contribution in [1.82, 2.24) is 5.32 Å². The van der Waals surface area contributed by atoms with Crippen LogP contribution < -0.4 is 5.32 Å². The van der Waals surface area contributed by atoms with E-state index in [-0.39, 0.29) is 0 Å². The highest BCUT2D eigenvalue weighted by atomic mass is 79.9. The lowest BCUT2D eigenvalue weighted by atomic mass is 10.1. The minimum atomic E-state index is 0.997. The number of rotatable bonds is 4. The van der Waals surface area contributed by atoms with E-state index in [1.165, 1.54) is 25.0 Å². The summed E-state index contributed by atoms with van der Waals surface area (Å²) in [7, 11) is 0. The Hall–Kier alpha value is -0.380. The Balaban J connectivity index is 2.49.